The molecule has 0 aromatic heterocycles. The number of hydrogen-bond donors (Lipinski definition) is 2. The Morgan fingerprint density at radius 1 is 1.30 bits per heavy atom. The summed E-state index contributed by atoms with van der Waals surface area (Å²) in [5.41, 5.74) is 6.07. The first kappa shape index (κ1) is 15.7. The molecule has 1 saturated heterocycles. The van der Waals surface area contributed by atoms with Gasteiger partial charge in [-0.2, -0.15) is 0 Å². The van der Waals surface area contributed by atoms with Crippen molar-refractivity contribution in [3.63, 3.8) is 0 Å². The lowest BCUT2D eigenvalue weighted by molar-refractivity contribution is -0.123. The van der Waals surface area contributed by atoms with Crippen molar-refractivity contribution < 1.29 is 9.53 Å². The van der Waals surface area contributed by atoms with Gasteiger partial charge in [0.2, 0.25) is 5.91 Å². The first-order valence-electron chi connectivity index (χ1n) is 7.96. The number of nitrogens with two attached hydrogens (primary N) is 1. The number of rotatable bonds is 5. The van der Waals surface area contributed by atoms with E-state index in [1.807, 2.05) is 0 Å². The summed E-state index contributed by atoms with van der Waals surface area (Å²) in [5, 5.41) is 3.10. The molecule has 20 heavy (non-hydrogen) atoms. The zero-order valence-electron chi connectivity index (χ0n) is 12.7. The predicted octanol–water partition coefficient (Wildman–Crippen LogP) is 0.875. The number of amides is 1. The van der Waals surface area contributed by atoms with Crippen LogP contribution < -0.4 is 11.1 Å². The highest BCUT2D eigenvalue weighted by molar-refractivity contribution is 5.77. The topological polar surface area (TPSA) is 67.6 Å². The number of carbonyl (C=O) groups excluding carboxylic acids is 1. The van der Waals surface area contributed by atoms with Crippen molar-refractivity contribution in [3.8, 4) is 0 Å². The van der Waals surface area contributed by atoms with Crippen LogP contribution in [0.5, 0.6) is 0 Å². The summed E-state index contributed by atoms with van der Waals surface area (Å²) in [5.74, 6) is 0.107. The fourth-order valence-electron chi connectivity index (χ4n) is 3.29. The first-order valence-corrected chi connectivity index (χ1v) is 7.96. The average Bonchev–Trinajstić information content (AvgIpc) is 2.39. The summed E-state index contributed by atoms with van der Waals surface area (Å²) in [6, 6.07) is 0.174. The van der Waals surface area contributed by atoms with Gasteiger partial charge in [-0.3, -0.25) is 9.69 Å². The van der Waals surface area contributed by atoms with Gasteiger partial charge >= 0.3 is 0 Å². The van der Waals surface area contributed by atoms with Gasteiger partial charge in [-0.1, -0.05) is 19.3 Å². The molecule has 2 rings (SSSR count). The molecule has 1 saturated carbocycles. The Morgan fingerprint density at radius 2 is 1.95 bits per heavy atom. The summed E-state index contributed by atoms with van der Waals surface area (Å²) >= 11 is 0. The fraction of sp³-hybridized carbons (Fsp3) is 0.933. The minimum atomic E-state index is -0.263. The van der Waals surface area contributed by atoms with Crippen LogP contribution >= 0.6 is 0 Å². The van der Waals surface area contributed by atoms with Crippen molar-refractivity contribution >= 4 is 5.91 Å². The maximum absolute atomic E-state index is 12.1. The van der Waals surface area contributed by atoms with Gasteiger partial charge < -0.3 is 15.8 Å². The molecule has 0 spiro atoms. The molecule has 2 aliphatic rings. The van der Waals surface area contributed by atoms with Gasteiger partial charge in [0.25, 0.3) is 0 Å². The van der Waals surface area contributed by atoms with Crippen LogP contribution in [0.25, 0.3) is 0 Å². The largest absolute Gasteiger partial charge is 0.379 e. The van der Waals surface area contributed by atoms with Gasteiger partial charge in [-0.25, -0.2) is 0 Å². The van der Waals surface area contributed by atoms with E-state index in [0.29, 0.717) is 6.42 Å². The van der Waals surface area contributed by atoms with Gasteiger partial charge in [0, 0.05) is 37.6 Å². The van der Waals surface area contributed by atoms with Crippen LogP contribution in [-0.4, -0.2) is 55.2 Å². The van der Waals surface area contributed by atoms with E-state index in [0.717, 1.165) is 58.5 Å². The lowest BCUT2D eigenvalue weighted by Gasteiger charge is -2.34. The van der Waals surface area contributed by atoms with Crippen LogP contribution in [0.1, 0.15) is 45.4 Å². The molecule has 1 aliphatic heterocycles. The number of nitrogens with one attached hydrogen (secondary N) is 1. The second kappa shape index (κ2) is 7.38. The Labute approximate surface area is 122 Å². The third kappa shape index (κ3) is 5.04. The van der Waals surface area contributed by atoms with Gasteiger partial charge in [0.15, 0.2) is 0 Å². The quantitative estimate of drug-likeness (QED) is 0.786. The molecule has 1 heterocycles. The van der Waals surface area contributed by atoms with Gasteiger partial charge in [-0.05, 0) is 19.8 Å². The SMILES string of the molecule is CC(CN1CCOCC1)NC(=O)CC1(N)CCCCC1. The van der Waals surface area contributed by atoms with E-state index in [-0.39, 0.29) is 17.5 Å². The number of carbonyl (C=O) groups is 1. The molecule has 1 amide bonds. The van der Waals surface area contributed by atoms with Crippen LogP contribution in [0.4, 0.5) is 0 Å². The Morgan fingerprint density at radius 3 is 2.60 bits per heavy atom. The summed E-state index contributed by atoms with van der Waals surface area (Å²) in [6.07, 6.45) is 6.02. The zero-order chi connectivity index (χ0) is 14.4. The first-order chi connectivity index (χ1) is 9.57. The molecule has 0 radical (unpaired) electrons. The Balaban J connectivity index is 1.70. The van der Waals surface area contributed by atoms with E-state index in [2.05, 4.69) is 17.1 Å². The summed E-state index contributed by atoms with van der Waals surface area (Å²) < 4.78 is 5.33. The van der Waals surface area contributed by atoms with E-state index < -0.39 is 0 Å². The molecule has 2 fully saturated rings. The summed E-state index contributed by atoms with van der Waals surface area (Å²) in [4.78, 5) is 14.5. The highest BCUT2D eigenvalue weighted by atomic mass is 16.5. The minimum Gasteiger partial charge on any atom is -0.379 e. The lowest BCUT2D eigenvalue weighted by atomic mass is 9.80. The third-order valence-electron chi connectivity index (χ3n) is 4.41. The number of morpholine rings is 1. The van der Waals surface area contributed by atoms with Crippen LogP contribution in [0, 0.1) is 0 Å². The minimum absolute atomic E-state index is 0.107. The lowest BCUT2D eigenvalue weighted by Crippen LogP contribution is -2.50. The Hall–Kier alpha value is -0.650. The molecule has 5 nitrogen and oxygen atoms in total. The van der Waals surface area contributed by atoms with Gasteiger partial charge in [0.05, 0.1) is 13.2 Å². The second-order valence-electron chi connectivity index (χ2n) is 6.48. The van der Waals surface area contributed by atoms with E-state index in [4.69, 9.17) is 10.5 Å². The second-order valence-corrected chi connectivity index (χ2v) is 6.48. The van der Waals surface area contributed by atoms with E-state index >= 15 is 0 Å². The number of nitrogens with zero attached hydrogens (tertiary/aromatic N) is 1. The van der Waals surface area contributed by atoms with E-state index in [1.165, 1.54) is 6.42 Å². The number of hydrogen-bond acceptors (Lipinski definition) is 4. The van der Waals surface area contributed by atoms with E-state index in [9.17, 15) is 4.79 Å². The smallest absolute Gasteiger partial charge is 0.222 e. The molecular weight excluding hydrogens is 254 g/mol. The highest BCUT2D eigenvalue weighted by Crippen LogP contribution is 2.28. The molecule has 0 bridgehead atoms. The van der Waals surface area contributed by atoms with Crippen molar-refractivity contribution in [2.75, 3.05) is 32.8 Å². The molecule has 116 valence electrons. The van der Waals surface area contributed by atoms with Crippen LogP contribution in [0.3, 0.4) is 0 Å². The van der Waals surface area contributed by atoms with Crippen molar-refractivity contribution in [3.05, 3.63) is 0 Å². The fourth-order valence-corrected chi connectivity index (χ4v) is 3.29. The molecule has 5 heteroatoms. The van der Waals surface area contributed by atoms with Crippen LogP contribution in [0.15, 0.2) is 0 Å². The molecule has 1 atom stereocenters. The maximum atomic E-state index is 12.1. The maximum Gasteiger partial charge on any atom is 0.222 e. The summed E-state index contributed by atoms with van der Waals surface area (Å²) in [6.45, 7) is 6.48. The molecule has 0 aromatic carbocycles. The highest BCUT2D eigenvalue weighted by Gasteiger charge is 2.30. The zero-order valence-corrected chi connectivity index (χ0v) is 12.7. The third-order valence-corrected chi connectivity index (χ3v) is 4.41. The molecule has 1 unspecified atom stereocenters. The number of ether oxygens (including phenoxy) is 1. The van der Waals surface area contributed by atoms with Crippen molar-refractivity contribution in [1.82, 2.24) is 10.2 Å². The van der Waals surface area contributed by atoms with Crippen molar-refractivity contribution in [2.24, 2.45) is 5.73 Å². The molecule has 1 aliphatic carbocycles. The average molecular weight is 283 g/mol. The van der Waals surface area contributed by atoms with Crippen LogP contribution in [-0.2, 0) is 9.53 Å². The molecule has 3 N–H and O–H groups in total. The van der Waals surface area contributed by atoms with Gasteiger partial charge in [0.1, 0.15) is 0 Å². The van der Waals surface area contributed by atoms with E-state index in [1.54, 1.807) is 0 Å². The Bertz CT molecular complexity index is 310. The normalized spacial score (nSPS) is 25.1. The predicted molar refractivity (Wildman–Crippen MR) is 79.5 cm³/mol. The monoisotopic (exact) mass is 283 g/mol. The molecule has 0 aromatic rings. The molecular formula is C15H29N3O2. The van der Waals surface area contributed by atoms with Crippen molar-refractivity contribution in [2.45, 2.75) is 57.0 Å². The van der Waals surface area contributed by atoms with Crippen LogP contribution in [0.2, 0.25) is 0 Å². The Kier molecular flexibility index (Phi) is 5.81. The summed E-state index contributed by atoms with van der Waals surface area (Å²) in [7, 11) is 0. The standard InChI is InChI=1S/C15H29N3O2/c1-13(12-18-7-9-20-10-8-18)17-14(19)11-15(16)5-3-2-4-6-15/h13H,2-12,16H2,1H3,(H,17,19). The van der Waals surface area contributed by atoms with Crippen molar-refractivity contribution in [1.29, 1.82) is 0 Å². The van der Waals surface area contributed by atoms with Gasteiger partial charge in [-0.15, -0.1) is 0 Å².